The molecule has 0 fully saturated rings. The topological polar surface area (TPSA) is 16.4 Å². The number of rotatable bonds is 7. The van der Waals surface area contributed by atoms with Crippen molar-refractivity contribution in [2.45, 2.75) is 0 Å². The van der Waals surface area contributed by atoms with Gasteiger partial charge in [-0.1, -0.05) is 170 Å². The molecule has 0 atom stereocenters. The van der Waals surface area contributed by atoms with Crippen molar-refractivity contribution >= 4 is 60.5 Å². The summed E-state index contributed by atoms with van der Waals surface area (Å²) < 4.78 is 6.31. The van der Waals surface area contributed by atoms with Gasteiger partial charge < -0.3 is 9.32 Å². The zero-order valence-corrected chi connectivity index (χ0v) is 31.7. The maximum atomic E-state index is 6.31. The van der Waals surface area contributed by atoms with Crippen LogP contribution in [0.15, 0.2) is 229 Å². The molecule has 2 nitrogen and oxygen atoms in total. The number of furan rings is 1. The Morgan fingerprint density at radius 1 is 0.293 bits per heavy atom. The summed E-state index contributed by atoms with van der Waals surface area (Å²) in [6, 6.07) is 80.8. The van der Waals surface area contributed by atoms with Gasteiger partial charge >= 0.3 is 0 Å². The molecular weight excluding hydrogens is 703 g/mol. The lowest BCUT2D eigenvalue weighted by molar-refractivity contribution is 0.669. The highest BCUT2D eigenvalue weighted by Gasteiger charge is 2.20. The molecule has 0 aliphatic rings. The molecule has 1 heterocycles. The predicted molar refractivity (Wildman–Crippen MR) is 245 cm³/mol. The molecule has 272 valence electrons. The monoisotopic (exact) mass is 739 g/mol. The molecule has 0 bridgehead atoms. The van der Waals surface area contributed by atoms with Gasteiger partial charge in [-0.05, 0) is 115 Å². The van der Waals surface area contributed by atoms with Crippen molar-refractivity contribution in [3.8, 4) is 44.5 Å². The summed E-state index contributed by atoms with van der Waals surface area (Å²) in [5.41, 5.74) is 14.5. The van der Waals surface area contributed by atoms with Gasteiger partial charge in [-0.3, -0.25) is 0 Å². The van der Waals surface area contributed by atoms with E-state index in [1.54, 1.807) is 0 Å². The lowest BCUT2D eigenvalue weighted by Gasteiger charge is -2.29. The molecule has 11 aromatic rings. The van der Waals surface area contributed by atoms with Crippen LogP contribution in [0.5, 0.6) is 0 Å². The Kier molecular flexibility index (Phi) is 8.19. The minimum absolute atomic E-state index is 0.906. The molecule has 10 aromatic carbocycles. The van der Waals surface area contributed by atoms with Gasteiger partial charge in [0.25, 0.3) is 0 Å². The van der Waals surface area contributed by atoms with Crippen LogP contribution in [0.2, 0.25) is 0 Å². The molecule has 0 spiro atoms. The summed E-state index contributed by atoms with van der Waals surface area (Å²) in [5, 5.41) is 7.16. The Balaban J connectivity index is 1.10. The summed E-state index contributed by atoms with van der Waals surface area (Å²) in [4.78, 5) is 2.41. The van der Waals surface area contributed by atoms with Crippen molar-refractivity contribution in [1.82, 2.24) is 0 Å². The maximum Gasteiger partial charge on any atom is 0.136 e. The lowest BCUT2D eigenvalue weighted by atomic mass is 9.91. The number of hydrogen-bond donors (Lipinski definition) is 0. The first-order valence-electron chi connectivity index (χ1n) is 19.8. The fourth-order valence-corrected chi connectivity index (χ4v) is 8.62. The Labute approximate surface area is 337 Å². The van der Waals surface area contributed by atoms with Gasteiger partial charge in [0.2, 0.25) is 0 Å². The summed E-state index contributed by atoms with van der Waals surface area (Å²) >= 11 is 0. The second-order valence-corrected chi connectivity index (χ2v) is 14.9. The standard InChI is InChI=1S/C56H37NO/c1-3-14-40(15-4-1)49-19-9-11-21-53(49)57(46-30-27-39(28-31-46)44-25-23-38-13-7-8-18-43(38)35-44)47-32-33-48(51(37-47)41-16-5-2-6-17-41)45-26-24-42-29-34-55-56(52(42)36-45)50-20-10-12-22-54(50)58-55/h1-37H. The van der Waals surface area contributed by atoms with Crippen molar-refractivity contribution in [2.75, 3.05) is 4.90 Å². The van der Waals surface area contributed by atoms with Crippen LogP contribution >= 0.6 is 0 Å². The fourth-order valence-electron chi connectivity index (χ4n) is 8.62. The number of benzene rings is 10. The van der Waals surface area contributed by atoms with Crippen LogP contribution in [0.1, 0.15) is 0 Å². The van der Waals surface area contributed by atoms with E-state index in [4.69, 9.17) is 4.42 Å². The Bertz CT molecular complexity index is 3270. The summed E-state index contributed by atoms with van der Waals surface area (Å²) in [6.07, 6.45) is 0. The third-order valence-electron chi connectivity index (χ3n) is 11.5. The molecule has 58 heavy (non-hydrogen) atoms. The predicted octanol–water partition coefficient (Wildman–Crippen LogP) is 16.0. The summed E-state index contributed by atoms with van der Waals surface area (Å²) in [7, 11) is 0. The van der Waals surface area contributed by atoms with E-state index in [0.29, 0.717) is 0 Å². The van der Waals surface area contributed by atoms with Gasteiger partial charge in [0, 0.05) is 27.7 Å². The molecule has 0 radical (unpaired) electrons. The molecule has 11 rings (SSSR count). The van der Waals surface area contributed by atoms with E-state index in [-0.39, 0.29) is 0 Å². The SMILES string of the molecule is c1ccc(-c2cc(N(c3ccc(-c4ccc5ccccc5c4)cc3)c3ccccc3-c3ccccc3)ccc2-c2ccc3ccc4oc5ccccc5c4c3c2)cc1. The Morgan fingerprint density at radius 3 is 1.74 bits per heavy atom. The van der Waals surface area contributed by atoms with E-state index in [0.717, 1.165) is 61.3 Å². The van der Waals surface area contributed by atoms with E-state index in [1.807, 2.05) is 6.07 Å². The highest BCUT2D eigenvalue weighted by atomic mass is 16.3. The van der Waals surface area contributed by atoms with Crippen molar-refractivity contribution in [1.29, 1.82) is 0 Å². The van der Waals surface area contributed by atoms with Crippen molar-refractivity contribution in [3.63, 3.8) is 0 Å². The van der Waals surface area contributed by atoms with E-state index in [1.165, 1.54) is 43.8 Å². The largest absolute Gasteiger partial charge is 0.456 e. The van der Waals surface area contributed by atoms with Crippen LogP contribution in [-0.4, -0.2) is 0 Å². The van der Waals surface area contributed by atoms with Crippen LogP contribution in [0.25, 0.3) is 88.0 Å². The Morgan fingerprint density at radius 2 is 0.914 bits per heavy atom. The molecule has 1 aromatic heterocycles. The van der Waals surface area contributed by atoms with Gasteiger partial charge in [-0.15, -0.1) is 0 Å². The average Bonchev–Trinajstić information content (AvgIpc) is 3.69. The molecule has 0 aliphatic heterocycles. The van der Waals surface area contributed by atoms with Gasteiger partial charge in [0.05, 0.1) is 5.69 Å². The Hall–Kier alpha value is -7.68. The first kappa shape index (κ1) is 33.6. The first-order valence-corrected chi connectivity index (χ1v) is 19.8. The molecule has 0 aliphatic carbocycles. The molecule has 2 heteroatoms. The number of para-hydroxylation sites is 2. The van der Waals surface area contributed by atoms with Gasteiger partial charge in [-0.2, -0.15) is 0 Å². The molecule has 0 saturated heterocycles. The van der Waals surface area contributed by atoms with E-state index in [2.05, 4.69) is 223 Å². The maximum absolute atomic E-state index is 6.31. The molecule has 0 N–H and O–H groups in total. The quantitative estimate of drug-likeness (QED) is 0.162. The molecule has 0 amide bonds. The smallest absolute Gasteiger partial charge is 0.136 e. The summed E-state index contributed by atoms with van der Waals surface area (Å²) in [5.74, 6) is 0. The molecule has 0 saturated carbocycles. The van der Waals surface area contributed by atoms with E-state index >= 15 is 0 Å². The average molecular weight is 740 g/mol. The number of anilines is 3. The zero-order valence-electron chi connectivity index (χ0n) is 31.7. The third-order valence-corrected chi connectivity index (χ3v) is 11.5. The minimum atomic E-state index is 0.906. The number of hydrogen-bond acceptors (Lipinski definition) is 2. The van der Waals surface area contributed by atoms with E-state index < -0.39 is 0 Å². The van der Waals surface area contributed by atoms with Crippen molar-refractivity contribution in [2.24, 2.45) is 0 Å². The third kappa shape index (κ3) is 5.91. The first-order chi connectivity index (χ1) is 28.7. The number of nitrogens with zero attached hydrogens (tertiary/aromatic N) is 1. The van der Waals surface area contributed by atoms with Crippen LogP contribution in [0, 0.1) is 0 Å². The molecule has 0 unspecified atom stereocenters. The zero-order chi connectivity index (χ0) is 38.4. The van der Waals surface area contributed by atoms with Crippen molar-refractivity contribution in [3.05, 3.63) is 224 Å². The fraction of sp³-hybridized carbons (Fsp3) is 0. The van der Waals surface area contributed by atoms with Gasteiger partial charge in [0.1, 0.15) is 11.2 Å². The molecular formula is C56H37NO. The van der Waals surface area contributed by atoms with Gasteiger partial charge in [0.15, 0.2) is 0 Å². The van der Waals surface area contributed by atoms with E-state index in [9.17, 15) is 0 Å². The van der Waals surface area contributed by atoms with Gasteiger partial charge in [-0.25, -0.2) is 0 Å². The minimum Gasteiger partial charge on any atom is -0.456 e. The number of fused-ring (bicyclic) bond motifs is 6. The van der Waals surface area contributed by atoms with Crippen LogP contribution in [0.3, 0.4) is 0 Å². The van der Waals surface area contributed by atoms with Crippen molar-refractivity contribution < 1.29 is 4.42 Å². The van der Waals surface area contributed by atoms with Crippen LogP contribution < -0.4 is 4.90 Å². The summed E-state index contributed by atoms with van der Waals surface area (Å²) in [6.45, 7) is 0. The highest BCUT2D eigenvalue weighted by Crippen LogP contribution is 2.45. The van der Waals surface area contributed by atoms with Crippen LogP contribution in [0.4, 0.5) is 17.1 Å². The second kappa shape index (κ2) is 14.1. The lowest BCUT2D eigenvalue weighted by Crippen LogP contribution is -2.11. The second-order valence-electron chi connectivity index (χ2n) is 14.9. The highest BCUT2D eigenvalue weighted by molar-refractivity contribution is 6.19. The normalized spacial score (nSPS) is 11.4. The van der Waals surface area contributed by atoms with Crippen LogP contribution in [-0.2, 0) is 0 Å².